The molecule has 0 bridgehead atoms. The summed E-state index contributed by atoms with van der Waals surface area (Å²) in [7, 11) is 0. The third kappa shape index (κ3) is 4.94. The third-order valence-corrected chi connectivity index (χ3v) is 12.2. The van der Waals surface area contributed by atoms with Gasteiger partial charge < -0.3 is 4.90 Å². The highest BCUT2D eigenvalue weighted by molar-refractivity contribution is 6.26. The molecule has 56 heavy (non-hydrogen) atoms. The molecule has 1 aliphatic rings. The van der Waals surface area contributed by atoms with E-state index in [0.717, 1.165) is 11.4 Å². The molecule has 1 nitrogen and oxygen atoms in total. The van der Waals surface area contributed by atoms with Crippen LogP contribution in [0.1, 0.15) is 25.0 Å². The van der Waals surface area contributed by atoms with Gasteiger partial charge >= 0.3 is 0 Å². The number of benzene rings is 10. The van der Waals surface area contributed by atoms with E-state index in [1.54, 1.807) is 0 Å². The molecule has 1 aliphatic carbocycles. The fourth-order valence-corrected chi connectivity index (χ4v) is 9.44. The minimum Gasteiger partial charge on any atom is -0.310 e. The third-order valence-electron chi connectivity index (χ3n) is 12.2. The molecule has 0 heterocycles. The average molecular weight is 714 g/mol. The smallest absolute Gasteiger partial charge is 0.0543 e. The van der Waals surface area contributed by atoms with Gasteiger partial charge in [-0.15, -0.1) is 0 Å². The van der Waals surface area contributed by atoms with E-state index in [2.05, 4.69) is 219 Å². The minimum atomic E-state index is -0.232. The summed E-state index contributed by atoms with van der Waals surface area (Å²) in [4.78, 5) is 2.46. The SMILES string of the molecule is CC1(C)c2cc3c4ccccc4c4ccccc4c3cc2-c2c1cc(N(c1ccc(-c3ccccc3)cc1)c1ccc(-c3ccccc3)cc1)c1ccccc21. The van der Waals surface area contributed by atoms with Gasteiger partial charge in [-0.05, 0) is 125 Å². The predicted octanol–water partition coefficient (Wildman–Crippen LogP) is 15.4. The summed E-state index contributed by atoms with van der Waals surface area (Å²) in [6.45, 7) is 4.83. The van der Waals surface area contributed by atoms with Crippen LogP contribution in [-0.4, -0.2) is 0 Å². The molecular formula is C55H39N. The highest BCUT2D eigenvalue weighted by Crippen LogP contribution is 2.56. The van der Waals surface area contributed by atoms with Crippen molar-refractivity contribution >= 4 is 60.2 Å². The topological polar surface area (TPSA) is 3.24 Å². The van der Waals surface area contributed by atoms with Crippen molar-refractivity contribution in [2.45, 2.75) is 19.3 Å². The quantitative estimate of drug-likeness (QED) is 0.161. The Morgan fingerprint density at radius 1 is 0.321 bits per heavy atom. The Bertz CT molecular complexity index is 3040. The number of nitrogens with zero attached hydrogens (tertiary/aromatic N) is 1. The summed E-state index contributed by atoms with van der Waals surface area (Å²) >= 11 is 0. The first-order valence-corrected chi connectivity index (χ1v) is 19.6. The van der Waals surface area contributed by atoms with Crippen molar-refractivity contribution < 1.29 is 0 Å². The number of hydrogen-bond donors (Lipinski definition) is 0. The molecule has 0 amide bonds. The average Bonchev–Trinajstić information content (AvgIpc) is 3.49. The van der Waals surface area contributed by atoms with E-state index in [4.69, 9.17) is 0 Å². The van der Waals surface area contributed by atoms with Gasteiger partial charge in [0.25, 0.3) is 0 Å². The van der Waals surface area contributed by atoms with Gasteiger partial charge in [0.05, 0.1) is 5.69 Å². The number of anilines is 3. The summed E-state index contributed by atoms with van der Waals surface area (Å²) in [6, 6.07) is 73.8. The van der Waals surface area contributed by atoms with E-state index in [1.807, 2.05) is 0 Å². The fourth-order valence-electron chi connectivity index (χ4n) is 9.44. The van der Waals surface area contributed by atoms with Crippen LogP contribution in [0.4, 0.5) is 17.1 Å². The Labute approximate surface area is 327 Å². The molecule has 11 rings (SSSR count). The molecule has 1 heteroatoms. The van der Waals surface area contributed by atoms with E-state index in [-0.39, 0.29) is 5.41 Å². The summed E-state index contributed by atoms with van der Waals surface area (Å²) in [5, 5.41) is 10.4. The summed E-state index contributed by atoms with van der Waals surface area (Å²) in [6.07, 6.45) is 0. The first-order chi connectivity index (χ1) is 27.5. The van der Waals surface area contributed by atoms with Crippen LogP contribution < -0.4 is 4.90 Å². The lowest BCUT2D eigenvalue weighted by Crippen LogP contribution is -2.17. The first kappa shape index (κ1) is 32.5. The van der Waals surface area contributed by atoms with Crippen LogP contribution in [0.3, 0.4) is 0 Å². The lowest BCUT2D eigenvalue weighted by molar-refractivity contribution is 0.662. The van der Waals surface area contributed by atoms with Crippen molar-refractivity contribution in [2.24, 2.45) is 0 Å². The summed E-state index contributed by atoms with van der Waals surface area (Å²) in [5.41, 5.74) is 13.5. The Hall–Kier alpha value is -6.96. The Morgan fingerprint density at radius 3 is 1.21 bits per heavy atom. The van der Waals surface area contributed by atoms with E-state index in [0.29, 0.717) is 0 Å². The summed E-state index contributed by atoms with van der Waals surface area (Å²) < 4.78 is 0. The molecule has 0 saturated heterocycles. The zero-order chi connectivity index (χ0) is 37.4. The van der Waals surface area contributed by atoms with Crippen LogP contribution in [0, 0.1) is 0 Å². The zero-order valence-electron chi connectivity index (χ0n) is 31.5. The molecule has 0 spiro atoms. The molecule has 264 valence electrons. The standard InChI is InChI=1S/C55H39N/c1-55(2)51-34-49-45-22-12-10-20-43(45)42-19-9-11-21-44(42)48(49)33-50(51)54-47-24-14-13-23-46(47)53(35-52(54)55)56(40-29-25-38(26-30-40)36-15-5-3-6-16-36)41-31-27-39(28-32-41)37-17-7-4-8-18-37/h3-35H,1-2H3. The maximum absolute atomic E-state index is 2.51. The highest BCUT2D eigenvalue weighted by Gasteiger charge is 2.38. The van der Waals surface area contributed by atoms with Gasteiger partial charge in [-0.25, -0.2) is 0 Å². The largest absolute Gasteiger partial charge is 0.310 e. The lowest BCUT2D eigenvalue weighted by atomic mass is 9.80. The number of fused-ring (bicyclic) bond motifs is 11. The molecule has 0 atom stereocenters. The van der Waals surface area contributed by atoms with Crippen LogP contribution in [-0.2, 0) is 5.41 Å². The van der Waals surface area contributed by atoms with Crippen LogP contribution in [0.5, 0.6) is 0 Å². The Balaban J connectivity index is 1.15. The van der Waals surface area contributed by atoms with Gasteiger partial charge in [-0.1, -0.05) is 172 Å². The van der Waals surface area contributed by atoms with Gasteiger partial charge in [0, 0.05) is 22.2 Å². The molecule has 0 fully saturated rings. The Kier molecular flexibility index (Phi) is 7.28. The van der Waals surface area contributed by atoms with Crippen molar-refractivity contribution in [3.63, 3.8) is 0 Å². The monoisotopic (exact) mass is 713 g/mol. The second-order valence-corrected chi connectivity index (χ2v) is 15.7. The van der Waals surface area contributed by atoms with Crippen molar-refractivity contribution in [1.82, 2.24) is 0 Å². The van der Waals surface area contributed by atoms with Crippen LogP contribution >= 0.6 is 0 Å². The van der Waals surface area contributed by atoms with E-state index in [1.165, 1.54) is 93.3 Å². The molecule has 0 N–H and O–H groups in total. The van der Waals surface area contributed by atoms with Gasteiger partial charge in [-0.2, -0.15) is 0 Å². The van der Waals surface area contributed by atoms with Crippen molar-refractivity contribution in [3.05, 3.63) is 211 Å². The zero-order valence-corrected chi connectivity index (χ0v) is 31.5. The van der Waals surface area contributed by atoms with Crippen LogP contribution in [0.2, 0.25) is 0 Å². The normalized spacial score (nSPS) is 13.0. The van der Waals surface area contributed by atoms with E-state index < -0.39 is 0 Å². The van der Waals surface area contributed by atoms with E-state index >= 15 is 0 Å². The van der Waals surface area contributed by atoms with Crippen LogP contribution in [0.25, 0.3) is 76.5 Å². The van der Waals surface area contributed by atoms with E-state index in [9.17, 15) is 0 Å². The molecule has 0 saturated carbocycles. The molecule has 0 aromatic heterocycles. The highest BCUT2D eigenvalue weighted by atomic mass is 15.1. The number of hydrogen-bond acceptors (Lipinski definition) is 1. The fraction of sp³-hybridized carbons (Fsp3) is 0.0545. The lowest BCUT2D eigenvalue weighted by Gasteiger charge is -2.30. The predicted molar refractivity (Wildman–Crippen MR) is 240 cm³/mol. The van der Waals surface area contributed by atoms with Gasteiger partial charge in [-0.3, -0.25) is 0 Å². The van der Waals surface area contributed by atoms with Gasteiger partial charge in [0.1, 0.15) is 0 Å². The number of rotatable bonds is 5. The second-order valence-electron chi connectivity index (χ2n) is 15.7. The molecule has 10 aromatic carbocycles. The van der Waals surface area contributed by atoms with Gasteiger partial charge in [0.2, 0.25) is 0 Å². The molecule has 0 radical (unpaired) electrons. The maximum atomic E-state index is 2.51. The van der Waals surface area contributed by atoms with Crippen molar-refractivity contribution in [2.75, 3.05) is 4.90 Å². The van der Waals surface area contributed by atoms with Gasteiger partial charge in [0.15, 0.2) is 0 Å². The van der Waals surface area contributed by atoms with Crippen molar-refractivity contribution in [3.8, 4) is 33.4 Å². The molecule has 0 unspecified atom stereocenters. The molecule has 0 aliphatic heterocycles. The van der Waals surface area contributed by atoms with Crippen LogP contribution in [0.15, 0.2) is 200 Å². The summed E-state index contributed by atoms with van der Waals surface area (Å²) in [5.74, 6) is 0. The minimum absolute atomic E-state index is 0.232. The molecule has 10 aromatic rings. The van der Waals surface area contributed by atoms with Crippen molar-refractivity contribution in [1.29, 1.82) is 0 Å². The Morgan fingerprint density at radius 2 is 0.714 bits per heavy atom. The first-order valence-electron chi connectivity index (χ1n) is 19.6. The molecular weight excluding hydrogens is 675 g/mol. The second kappa shape index (κ2) is 12.5. The maximum Gasteiger partial charge on any atom is 0.0543 e.